The third-order valence-electron chi connectivity index (χ3n) is 3.94. The zero-order chi connectivity index (χ0) is 16.6. The molecule has 1 aliphatic heterocycles. The van der Waals surface area contributed by atoms with E-state index in [0.29, 0.717) is 30.4 Å². The van der Waals surface area contributed by atoms with Crippen LogP contribution in [0, 0.1) is 27.7 Å². The Morgan fingerprint density at radius 2 is 1.91 bits per heavy atom. The topological polar surface area (TPSA) is 68.5 Å². The van der Waals surface area contributed by atoms with Gasteiger partial charge in [-0.25, -0.2) is 9.97 Å². The van der Waals surface area contributed by atoms with Gasteiger partial charge in [0.1, 0.15) is 17.6 Å². The van der Waals surface area contributed by atoms with E-state index in [0.717, 1.165) is 23.6 Å². The molecule has 0 unspecified atom stereocenters. The second kappa shape index (κ2) is 6.02. The van der Waals surface area contributed by atoms with Crippen LogP contribution in [-0.2, 0) is 0 Å². The van der Waals surface area contributed by atoms with Crippen LogP contribution in [0.5, 0.6) is 6.01 Å². The van der Waals surface area contributed by atoms with Crippen molar-refractivity contribution >= 4 is 5.91 Å². The molecule has 0 saturated carbocycles. The van der Waals surface area contributed by atoms with Gasteiger partial charge in [-0.1, -0.05) is 0 Å². The van der Waals surface area contributed by atoms with Crippen molar-refractivity contribution in [1.29, 1.82) is 0 Å². The molecular weight excluding hydrogens is 294 g/mol. The average molecular weight is 315 g/mol. The molecular formula is C17H21N3O3. The Kier molecular flexibility index (Phi) is 4.07. The summed E-state index contributed by atoms with van der Waals surface area (Å²) in [4.78, 5) is 22.9. The van der Waals surface area contributed by atoms with Crippen molar-refractivity contribution in [2.24, 2.45) is 0 Å². The first kappa shape index (κ1) is 15.5. The van der Waals surface area contributed by atoms with Crippen LogP contribution in [0.3, 0.4) is 0 Å². The Hall–Kier alpha value is -2.37. The summed E-state index contributed by atoms with van der Waals surface area (Å²) in [7, 11) is 0. The van der Waals surface area contributed by atoms with Gasteiger partial charge in [0.05, 0.1) is 12.1 Å². The van der Waals surface area contributed by atoms with Crippen LogP contribution in [0.15, 0.2) is 16.5 Å². The molecule has 3 rings (SSSR count). The summed E-state index contributed by atoms with van der Waals surface area (Å²) in [6.07, 6.45) is 0.700. The molecule has 6 nitrogen and oxygen atoms in total. The van der Waals surface area contributed by atoms with Crippen molar-refractivity contribution in [3.05, 3.63) is 40.6 Å². The van der Waals surface area contributed by atoms with Crippen molar-refractivity contribution < 1.29 is 13.9 Å². The summed E-state index contributed by atoms with van der Waals surface area (Å²) in [5.41, 5.74) is 2.39. The number of hydrogen-bond acceptors (Lipinski definition) is 5. The highest BCUT2D eigenvalue weighted by Gasteiger charge is 2.30. The minimum absolute atomic E-state index is 0.00760. The van der Waals surface area contributed by atoms with Gasteiger partial charge < -0.3 is 14.1 Å². The largest absolute Gasteiger partial charge is 0.466 e. The first-order chi connectivity index (χ1) is 10.9. The van der Waals surface area contributed by atoms with Crippen LogP contribution < -0.4 is 4.74 Å². The molecule has 1 fully saturated rings. The van der Waals surface area contributed by atoms with Crippen LogP contribution >= 0.6 is 0 Å². The van der Waals surface area contributed by atoms with E-state index in [-0.39, 0.29) is 12.0 Å². The van der Waals surface area contributed by atoms with Gasteiger partial charge in [-0.15, -0.1) is 0 Å². The minimum Gasteiger partial charge on any atom is -0.466 e. The molecule has 0 aliphatic carbocycles. The molecule has 1 amide bonds. The van der Waals surface area contributed by atoms with Gasteiger partial charge in [-0.05, 0) is 39.8 Å². The van der Waals surface area contributed by atoms with Crippen molar-refractivity contribution in [1.82, 2.24) is 14.9 Å². The molecule has 23 heavy (non-hydrogen) atoms. The highest BCUT2D eigenvalue weighted by molar-refractivity contribution is 5.95. The molecule has 0 N–H and O–H groups in total. The zero-order valence-corrected chi connectivity index (χ0v) is 13.9. The maximum absolute atomic E-state index is 12.6. The Bertz CT molecular complexity index is 718. The fourth-order valence-electron chi connectivity index (χ4n) is 2.92. The van der Waals surface area contributed by atoms with Crippen LogP contribution in [0.4, 0.5) is 0 Å². The van der Waals surface area contributed by atoms with Crippen molar-refractivity contribution in [3.63, 3.8) is 0 Å². The second-order valence-corrected chi connectivity index (χ2v) is 6.04. The lowest BCUT2D eigenvalue weighted by molar-refractivity contribution is 0.0768. The number of furan rings is 1. The minimum atomic E-state index is -0.0755. The maximum Gasteiger partial charge on any atom is 0.317 e. The molecule has 0 radical (unpaired) electrons. The molecule has 2 aromatic heterocycles. The molecule has 0 bridgehead atoms. The summed E-state index contributed by atoms with van der Waals surface area (Å²) in [6, 6.07) is 4.08. The lowest BCUT2D eigenvalue weighted by atomic mass is 10.2. The summed E-state index contributed by atoms with van der Waals surface area (Å²) < 4.78 is 11.3. The molecule has 122 valence electrons. The number of ether oxygens (including phenoxy) is 1. The number of likely N-dealkylation sites (tertiary alicyclic amines) is 1. The fraction of sp³-hybridized carbons (Fsp3) is 0.471. The smallest absolute Gasteiger partial charge is 0.317 e. The zero-order valence-electron chi connectivity index (χ0n) is 13.9. The molecule has 1 aliphatic rings. The van der Waals surface area contributed by atoms with E-state index in [2.05, 4.69) is 9.97 Å². The van der Waals surface area contributed by atoms with Crippen molar-refractivity contribution in [3.8, 4) is 6.01 Å². The van der Waals surface area contributed by atoms with Gasteiger partial charge in [-0.3, -0.25) is 4.79 Å². The van der Waals surface area contributed by atoms with E-state index in [1.54, 1.807) is 11.0 Å². The fourth-order valence-corrected chi connectivity index (χ4v) is 2.92. The van der Waals surface area contributed by atoms with E-state index in [1.165, 1.54) is 0 Å². The monoisotopic (exact) mass is 315 g/mol. The number of nitrogens with zero attached hydrogens (tertiary/aromatic N) is 3. The number of hydrogen-bond donors (Lipinski definition) is 0. The van der Waals surface area contributed by atoms with Gasteiger partial charge in [0.15, 0.2) is 0 Å². The third-order valence-corrected chi connectivity index (χ3v) is 3.94. The third kappa shape index (κ3) is 3.36. The quantitative estimate of drug-likeness (QED) is 0.871. The van der Waals surface area contributed by atoms with Gasteiger partial charge in [0, 0.05) is 24.4 Å². The lowest BCUT2D eigenvalue weighted by Gasteiger charge is -2.16. The molecule has 1 saturated heterocycles. The first-order valence-corrected chi connectivity index (χ1v) is 7.77. The number of rotatable bonds is 3. The Balaban J connectivity index is 1.66. The lowest BCUT2D eigenvalue weighted by Crippen LogP contribution is -2.31. The Labute approximate surface area is 135 Å². The molecule has 0 spiro atoms. The summed E-state index contributed by atoms with van der Waals surface area (Å²) >= 11 is 0. The summed E-state index contributed by atoms with van der Waals surface area (Å²) in [5.74, 6) is 1.41. The molecule has 0 aromatic carbocycles. The first-order valence-electron chi connectivity index (χ1n) is 7.77. The van der Waals surface area contributed by atoms with E-state index < -0.39 is 0 Å². The molecule has 1 atom stereocenters. The van der Waals surface area contributed by atoms with Crippen LogP contribution in [0.25, 0.3) is 0 Å². The van der Waals surface area contributed by atoms with E-state index in [4.69, 9.17) is 9.15 Å². The van der Waals surface area contributed by atoms with Crippen molar-refractivity contribution in [2.45, 2.75) is 40.2 Å². The van der Waals surface area contributed by atoms with Gasteiger partial charge in [-0.2, -0.15) is 0 Å². The second-order valence-electron chi connectivity index (χ2n) is 6.04. The Morgan fingerprint density at radius 3 is 2.52 bits per heavy atom. The van der Waals surface area contributed by atoms with E-state index in [9.17, 15) is 4.79 Å². The van der Waals surface area contributed by atoms with E-state index >= 15 is 0 Å². The number of amides is 1. The summed E-state index contributed by atoms with van der Waals surface area (Å²) in [5, 5.41) is 0. The van der Waals surface area contributed by atoms with Crippen LogP contribution in [0.2, 0.25) is 0 Å². The van der Waals surface area contributed by atoms with Gasteiger partial charge in [0.2, 0.25) is 0 Å². The number of aromatic nitrogens is 2. The van der Waals surface area contributed by atoms with Crippen LogP contribution in [0.1, 0.15) is 39.7 Å². The number of carbonyl (C=O) groups excluding carboxylic acids is 1. The average Bonchev–Trinajstić information content (AvgIpc) is 3.03. The maximum atomic E-state index is 12.6. The van der Waals surface area contributed by atoms with E-state index in [1.807, 2.05) is 33.8 Å². The molecule has 3 heterocycles. The van der Waals surface area contributed by atoms with Crippen LogP contribution in [-0.4, -0.2) is 40.0 Å². The number of aryl methyl sites for hydroxylation is 4. The number of carbonyl (C=O) groups is 1. The standard InChI is InChI=1S/C17H21N3O3/c1-10-7-11(2)19-17(18-10)23-14-5-6-20(9-14)16(21)15-8-12(3)22-13(15)4/h7-8,14H,5-6,9H2,1-4H3/t14-/m0/s1. The highest BCUT2D eigenvalue weighted by Crippen LogP contribution is 2.21. The normalized spacial score (nSPS) is 17.6. The molecule has 2 aromatic rings. The predicted molar refractivity (Wildman–Crippen MR) is 84.6 cm³/mol. The van der Waals surface area contributed by atoms with Gasteiger partial charge in [0.25, 0.3) is 5.91 Å². The summed E-state index contributed by atoms with van der Waals surface area (Å²) in [6.45, 7) is 8.69. The SMILES string of the molecule is Cc1cc(C)nc(O[C@H]2CCN(C(=O)c3cc(C)oc3C)C2)n1. The molecule has 6 heteroatoms. The Morgan fingerprint density at radius 1 is 1.22 bits per heavy atom. The highest BCUT2D eigenvalue weighted by atomic mass is 16.5. The predicted octanol–water partition coefficient (Wildman–Crippen LogP) is 2.60. The van der Waals surface area contributed by atoms with Crippen molar-refractivity contribution in [2.75, 3.05) is 13.1 Å². The van der Waals surface area contributed by atoms with Gasteiger partial charge >= 0.3 is 6.01 Å².